The molecule has 110 valence electrons. The molecule has 0 saturated heterocycles. The zero-order valence-corrected chi connectivity index (χ0v) is 13.0. The van der Waals surface area contributed by atoms with E-state index in [1.165, 1.54) is 0 Å². The SMILES string of the molecule is Cc1cccc(NC(=O)/C(C#N)=C/c2ccc(C)cc2C)c1. The van der Waals surface area contributed by atoms with Crippen molar-refractivity contribution in [3.8, 4) is 6.07 Å². The molecule has 22 heavy (non-hydrogen) atoms. The highest BCUT2D eigenvalue weighted by Crippen LogP contribution is 2.16. The van der Waals surface area contributed by atoms with E-state index in [1.54, 1.807) is 12.1 Å². The molecule has 0 atom stereocenters. The number of aryl methyl sites for hydroxylation is 3. The Balaban J connectivity index is 2.26. The average molecular weight is 290 g/mol. The third-order valence-corrected chi connectivity index (χ3v) is 3.37. The van der Waals surface area contributed by atoms with Crippen molar-refractivity contribution in [1.29, 1.82) is 5.26 Å². The minimum absolute atomic E-state index is 0.0912. The Bertz CT molecular complexity index is 782. The Kier molecular flexibility index (Phi) is 4.75. The number of amides is 1. The van der Waals surface area contributed by atoms with Crippen molar-refractivity contribution in [3.05, 3.63) is 70.3 Å². The van der Waals surface area contributed by atoms with Crippen molar-refractivity contribution >= 4 is 17.7 Å². The number of anilines is 1. The van der Waals surface area contributed by atoms with Crippen molar-refractivity contribution in [2.75, 3.05) is 5.32 Å². The summed E-state index contributed by atoms with van der Waals surface area (Å²) >= 11 is 0. The van der Waals surface area contributed by atoms with Gasteiger partial charge in [-0.3, -0.25) is 4.79 Å². The van der Waals surface area contributed by atoms with Crippen LogP contribution in [0.3, 0.4) is 0 Å². The van der Waals surface area contributed by atoms with E-state index in [0.717, 1.165) is 22.3 Å². The summed E-state index contributed by atoms with van der Waals surface area (Å²) in [4.78, 5) is 12.2. The fourth-order valence-corrected chi connectivity index (χ4v) is 2.21. The first-order valence-electron chi connectivity index (χ1n) is 7.06. The molecule has 2 rings (SSSR count). The maximum absolute atomic E-state index is 12.2. The van der Waals surface area contributed by atoms with Gasteiger partial charge in [0.25, 0.3) is 5.91 Å². The maximum Gasteiger partial charge on any atom is 0.266 e. The van der Waals surface area contributed by atoms with Crippen LogP contribution >= 0.6 is 0 Å². The summed E-state index contributed by atoms with van der Waals surface area (Å²) < 4.78 is 0. The van der Waals surface area contributed by atoms with Crippen LogP contribution in [-0.4, -0.2) is 5.91 Å². The molecular formula is C19H18N2O. The second-order valence-electron chi connectivity index (χ2n) is 5.35. The van der Waals surface area contributed by atoms with Gasteiger partial charge in [0.15, 0.2) is 0 Å². The Morgan fingerprint density at radius 2 is 1.82 bits per heavy atom. The van der Waals surface area contributed by atoms with E-state index in [2.05, 4.69) is 5.32 Å². The smallest absolute Gasteiger partial charge is 0.266 e. The highest BCUT2D eigenvalue weighted by atomic mass is 16.1. The first-order chi connectivity index (χ1) is 10.5. The second-order valence-corrected chi connectivity index (χ2v) is 5.35. The van der Waals surface area contributed by atoms with Gasteiger partial charge in [-0.2, -0.15) is 5.26 Å². The highest BCUT2D eigenvalue weighted by Gasteiger charge is 2.10. The minimum atomic E-state index is -0.395. The molecule has 0 fully saturated rings. The topological polar surface area (TPSA) is 52.9 Å². The molecule has 0 radical (unpaired) electrons. The number of rotatable bonds is 3. The van der Waals surface area contributed by atoms with Gasteiger partial charge in [0.05, 0.1) is 0 Å². The molecule has 0 bridgehead atoms. The minimum Gasteiger partial charge on any atom is -0.321 e. The summed E-state index contributed by atoms with van der Waals surface area (Å²) in [7, 11) is 0. The van der Waals surface area contributed by atoms with Crippen molar-refractivity contribution in [3.63, 3.8) is 0 Å². The molecule has 0 aliphatic heterocycles. The summed E-state index contributed by atoms with van der Waals surface area (Å²) in [5.41, 5.74) is 4.89. The molecule has 0 unspecified atom stereocenters. The van der Waals surface area contributed by atoms with Gasteiger partial charge in [0.2, 0.25) is 0 Å². The maximum atomic E-state index is 12.2. The number of carbonyl (C=O) groups is 1. The van der Waals surface area contributed by atoms with Crippen molar-refractivity contribution in [2.45, 2.75) is 20.8 Å². The van der Waals surface area contributed by atoms with Gasteiger partial charge in [-0.15, -0.1) is 0 Å². The normalized spacial score (nSPS) is 10.9. The lowest BCUT2D eigenvalue weighted by Gasteiger charge is -2.06. The molecule has 2 aromatic rings. The van der Waals surface area contributed by atoms with Crippen molar-refractivity contribution < 1.29 is 4.79 Å². The predicted molar refractivity (Wildman–Crippen MR) is 89.3 cm³/mol. The van der Waals surface area contributed by atoms with Gasteiger partial charge < -0.3 is 5.32 Å². The molecule has 0 saturated carbocycles. The van der Waals surface area contributed by atoms with Crippen LogP contribution in [0.15, 0.2) is 48.0 Å². The van der Waals surface area contributed by atoms with E-state index >= 15 is 0 Å². The molecule has 0 aromatic heterocycles. The first kappa shape index (κ1) is 15.5. The number of nitrogens with zero attached hydrogens (tertiary/aromatic N) is 1. The van der Waals surface area contributed by atoms with Crippen molar-refractivity contribution in [2.24, 2.45) is 0 Å². The number of nitrogens with one attached hydrogen (secondary N) is 1. The van der Waals surface area contributed by atoms with Crippen LogP contribution in [-0.2, 0) is 4.79 Å². The molecule has 0 aliphatic rings. The number of nitriles is 1. The third kappa shape index (κ3) is 3.83. The monoisotopic (exact) mass is 290 g/mol. The summed E-state index contributed by atoms with van der Waals surface area (Å²) in [6, 6.07) is 15.4. The zero-order chi connectivity index (χ0) is 16.1. The van der Waals surface area contributed by atoms with Crippen LogP contribution < -0.4 is 5.32 Å². The summed E-state index contributed by atoms with van der Waals surface area (Å²) in [6.07, 6.45) is 1.62. The molecule has 3 heteroatoms. The lowest BCUT2D eigenvalue weighted by molar-refractivity contribution is -0.112. The predicted octanol–water partition coefficient (Wildman–Crippen LogP) is 4.16. The lowest BCUT2D eigenvalue weighted by atomic mass is 10.0. The number of benzene rings is 2. The fourth-order valence-electron chi connectivity index (χ4n) is 2.21. The molecule has 0 heterocycles. The van der Waals surface area contributed by atoms with E-state index < -0.39 is 5.91 Å². The Morgan fingerprint density at radius 1 is 1.09 bits per heavy atom. The Hall–Kier alpha value is -2.86. The van der Waals surface area contributed by atoms with Crippen LogP contribution in [0.25, 0.3) is 6.08 Å². The van der Waals surface area contributed by atoms with Gasteiger partial charge in [-0.1, -0.05) is 35.9 Å². The first-order valence-corrected chi connectivity index (χ1v) is 7.06. The van der Waals surface area contributed by atoms with E-state index in [9.17, 15) is 10.1 Å². The summed E-state index contributed by atoms with van der Waals surface area (Å²) in [6.45, 7) is 5.93. The van der Waals surface area contributed by atoms with Crippen molar-refractivity contribution in [1.82, 2.24) is 0 Å². The summed E-state index contributed by atoms with van der Waals surface area (Å²) in [5, 5.41) is 12.0. The summed E-state index contributed by atoms with van der Waals surface area (Å²) in [5.74, 6) is -0.395. The van der Waals surface area contributed by atoms with Crippen LogP contribution in [0.2, 0.25) is 0 Å². The number of hydrogen-bond donors (Lipinski definition) is 1. The van der Waals surface area contributed by atoms with Gasteiger partial charge in [-0.25, -0.2) is 0 Å². The van der Waals surface area contributed by atoms with Gasteiger partial charge in [0, 0.05) is 5.69 Å². The lowest BCUT2D eigenvalue weighted by Crippen LogP contribution is -2.13. The standard InChI is InChI=1S/C19H18N2O/c1-13-5-4-6-18(10-13)21-19(22)17(12-20)11-16-8-7-14(2)9-15(16)3/h4-11H,1-3H3,(H,21,22)/b17-11+. The van der Waals surface area contributed by atoms with Gasteiger partial charge in [0.1, 0.15) is 11.6 Å². The van der Waals surface area contributed by atoms with Gasteiger partial charge in [-0.05, 0) is 55.7 Å². The molecule has 1 amide bonds. The molecule has 3 nitrogen and oxygen atoms in total. The Morgan fingerprint density at radius 3 is 2.45 bits per heavy atom. The quantitative estimate of drug-likeness (QED) is 0.681. The van der Waals surface area contributed by atoms with Crippen LogP contribution in [0.5, 0.6) is 0 Å². The average Bonchev–Trinajstić information content (AvgIpc) is 2.46. The van der Waals surface area contributed by atoms with E-state index in [1.807, 2.05) is 63.2 Å². The number of hydrogen-bond acceptors (Lipinski definition) is 2. The third-order valence-electron chi connectivity index (χ3n) is 3.37. The van der Waals surface area contributed by atoms with E-state index in [-0.39, 0.29) is 5.57 Å². The molecule has 2 aromatic carbocycles. The van der Waals surface area contributed by atoms with E-state index in [4.69, 9.17) is 0 Å². The van der Waals surface area contributed by atoms with Crippen LogP contribution in [0.4, 0.5) is 5.69 Å². The van der Waals surface area contributed by atoms with Crippen LogP contribution in [0, 0.1) is 32.1 Å². The van der Waals surface area contributed by atoms with Gasteiger partial charge >= 0.3 is 0 Å². The largest absolute Gasteiger partial charge is 0.321 e. The molecule has 0 aliphatic carbocycles. The molecular weight excluding hydrogens is 272 g/mol. The molecule has 1 N–H and O–H groups in total. The Labute approximate surface area is 130 Å². The zero-order valence-electron chi connectivity index (χ0n) is 13.0. The second kappa shape index (κ2) is 6.73. The fraction of sp³-hybridized carbons (Fsp3) is 0.158. The van der Waals surface area contributed by atoms with Crippen LogP contribution in [0.1, 0.15) is 22.3 Å². The number of carbonyl (C=O) groups excluding carboxylic acids is 1. The highest BCUT2D eigenvalue weighted by molar-refractivity contribution is 6.09. The molecule has 0 spiro atoms. The van der Waals surface area contributed by atoms with E-state index in [0.29, 0.717) is 5.69 Å².